The summed E-state index contributed by atoms with van der Waals surface area (Å²) in [5, 5.41) is 0. The van der Waals surface area contributed by atoms with Gasteiger partial charge in [-0.25, -0.2) is 0 Å². The van der Waals surface area contributed by atoms with Crippen molar-refractivity contribution in [1.29, 1.82) is 0 Å². The van der Waals surface area contributed by atoms with E-state index in [1.54, 1.807) is 0 Å². The third-order valence-corrected chi connectivity index (χ3v) is 5.83. The summed E-state index contributed by atoms with van der Waals surface area (Å²) in [6.07, 6.45) is 5.20. The number of amides is 1. The van der Waals surface area contributed by atoms with Gasteiger partial charge in [-0.3, -0.25) is 9.79 Å². The Hall–Kier alpha value is -0.790. The molecule has 0 spiro atoms. The van der Waals surface area contributed by atoms with Crippen LogP contribution in [0.4, 0.5) is 0 Å². The molecule has 25 heavy (non-hydrogen) atoms. The second kappa shape index (κ2) is 10.4. The number of nitrogens with one attached hydrogen (secondary N) is 1. The number of carbonyl (C=O) groups is 1. The zero-order valence-corrected chi connectivity index (χ0v) is 16.6. The van der Waals surface area contributed by atoms with Crippen LogP contribution in [0.15, 0.2) is 4.99 Å². The molecule has 0 aliphatic carbocycles. The zero-order chi connectivity index (χ0) is 18.2. The van der Waals surface area contributed by atoms with E-state index in [1.165, 1.54) is 0 Å². The highest BCUT2D eigenvalue weighted by Gasteiger charge is 2.40. The van der Waals surface area contributed by atoms with Crippen LogP contribution in [0.1, 0.15) is 46.5 Å². The van der Waals surface area contributed by atoms with Crippen molar-refractivity contribution in [2.24, 2.45) is 22.7 Å². The van der Waals surface area contributed by atoms with Crippen molar-refractivity contribution in [2.75, 3.05) is 26.2 Å². The van der Waals surface area contributed by atoms with Crippen molar-refractivity contribution in [3.05, 3.63) is 0 Å². The highest BCUT2D eigenvalue weighted by Crippen LogP contribution is 2.35. The number of aliphatic imine (C=N–C) groups is 1. The molecule has 2 aliphatic heterocycles. The first-order chi connectivity index (χ1) is 12.0. The number of thiol groups is 1. The molecule has 0 aromatic heterocycles. The Morgan fingerprint density at radius 1 is 1.32 bits per heavy atom. The van der Waals surface area contributed by atoms with E-state index in [4.69, 9.17) is 9.47 Å². The molecule has 5 atom stereocenters. The monoisotopic (exact) mass is 371 g/mol. The summed E-state index contributed by atoms with van der Waals surface area (Å²) in [5.74, 6) is 1.35. The molecule has 144 valence electrons. The molecule has 2 rings (SSSR count). The van der Waals surface area contributed by atoms with Crippen LogP contribution in [-0.2, 0) is 14.3 Å². The molecule has 6 nitrogen and oxygen atoms in total. The molecule has 1 N–H and O–H groups in total. The molecular weight excluding hydrogens is 338 g/mol. The van der Waals surface area contributed by atoms with Crippen LogP contribution >= 0.6 is 12.8 Å². The average molecular weight is 372 g/mol. The van der Waals surface area contributed by atoms with Crippen LogP contribution in [0.5, 0.6) is 0 Å². The minimum atomic E-state index is -0.170. The summed E-state index contributed by atoms with van der Waals surface area (Å²) in [7, 11) is 0. The third-order valence-electron chi connectivity index (χ3n) is 5.58. The molecule has 2 aliphatic rings. The Labute approximate surface area is 157 Å². The molecule has 5 unspecified atom stereocenters. The lowest BCUT2D eigenvalue weighted by Gasteiger charge is -2.44. The molecule has 0 saturated carbocycles. The van der Waals surface area contributed by atoms with Crippen LogP contribution in [-0.4, -0.2) is 55.8 Å². The van der Waals surface area contributed by atoms with E-state index in [1.807, 2.05) is 6.34 Å². The lowest BCUT2D eigenvalue weighted by atomic mass is 9.79. The van der Waals surface area contributed by atoms with Crippen LogP contribution in [0.25, 0.3) is 0 Å². The van der Waals surface area contributed by atoms with Crippen molar-refractivity contribution in [1.82, 2.24) is 9.62 Å². The summed E-state index contributed by atoms with van der Waals surface area (Å²) in [6.45, 7) is 10.3. The van der Waals surface area contributed by atoms with Gasteiger partial charge in [0.15, 0.2) is 6.29 Å². The van der Waals surface area contributed by atoms with Gasteiger partial charge in [-0.15, -0.1) is 0 Å². The number of hydrogen-bond donors (Lipinski definition) is 2. The van der Waals surface area contributed by atoms with Crippen molar-refractivity contribution in [2.45, 2.75) is 58.8 Å². The fraction of sp³-hybridized carbons (Fsp3) is 0.889. The first kappa shape index (κ1) is 20.5. The Balaban J connectivity index is 1.79. The van der Waals surface area contributed by atoms with E-state index >= 15 is 0 Å². The molecule has 1 fully saturated rings. The number of hydrogen-bond acceptors (Lipinski definition) is 6. The number of carbonyl (C=O) groups excluding carboxylic acids is 1. The number of unbranched alkanes of at least 4 members (excludes halogenated alkanes) is 1. The predicted octanol–water partition coefficient (Wildman–Crippen LogP) is 2.50. The number of ether oxygens (including phenoxy) is 2. The SMILES string of the molecule is CC1C(CN2C=NCCC2)OC(OCCCCC(=O)NS)C(C)C1C. The fourth-order valence-corrected chi connectivity index (χ4v) is 3.61. The summed E-state index contributed by atoms with van der Waals surface area (Å²) in [5.41, 5.74) is 0. The Morgan fingerprint density at radius 2 is 2.12 bits per heavy atom. The summed E-state index contributed by atoms with van der Waals surface area (Å²) in [4.78, 5) is 17.8. The highest BCUT2D eigenvalue weighted by atomic mass is 32.1. The first-order valence-electron chi connectivity index (χ1n) is 9.47. The average Bonchev–Trinajstić information content (AvgIpc) is 2.63. The lowest BCUT2D eigenvalue weighted by molar-refractivity contribution is -0.249. The third kappa shape index (κ3) is 6.15. The van der Waals surface area contributed by atoms with Gasteiger partial charge in [0.1, 0.15) is 0 Å². The molecule has 0 aromatic rings. The molecule has 7 heteroatoms. The van der Waals surface area contributed by atoms with Gasteiger partial charge in [-0.05, 0) is 31.1 Å². The molecule has 1 saturated heterocycles. The molecule has 2 heterocycles. The Morgan fingerprint density at radius 3 is 2.80 bits per heavy atom. The highest BCUT2D eigenvalue weighted by molar-refractivity contribution is 7.78. The second-order valence-corrected chi connectivity index (χ2v) is 7.58. The van der Waals surface area contributed by atoms with Gasteiger partial charge in [-0.2, -0.15) is 0 Å². The topological polar surface area (TPSA) is 63.2 Å². The van der Waals surface area contributed by atoms with Crippen molar-refractivity contribution >= 4 is 25.1 Å². The summed E-state index contributed by atoms with van der Waals surface area (Å²) in [6, 6.07) is 0. The lowest BCUT2D eigenvalue weighted by Crippen LogP contribution is -2.50. The second-order valence-electron chi connectivity index (χ2n) is 7.35. The maximum atomic E-state index is 11.2. The van der Waals surface area contributed by atoms with E-state index in [0.29, 0.717) is 30.8 Å². The van der Waals surface area contributed by atoms with Gasteiger partial charge in [0.25, 0.3) is 0 Å². The largest absolute Gasteiger partial charge is 0.360 e. The van der Waals surface area contributed by atoms with E-state index in [0.717, 1.165) is 38.9 Å². The normalized spacial score (nSPS) is 32.6. The summed E-state index contributed by atoms with van der Waals surface area (Å²) < 4.78 is 14.7. The maximum absolute atomic E-state index is 11.2. The van der Waals surface area contributed by atoms with Crippen LogP contribution < -0.4 is 4.72 Å². The predicted molar refractivity (Wildman–Crippen MR) is 103 cm³/mol. The fourth-order valence-electron chi connectivity index (χ4n) is 3.49. The van der Waals surface area contributed by atoms with Crippen molar-refractivity contribution in [3.63, 3.8) is 0 Å². The van der Waals surface area contributed by atoms with E-state index in [9.17, 15) is 4.79 Å². The standard InChI is InChI=1S/C18H33N3O3S/c1-13-14(2)16(11-21-9-6-8-19-12-21)24-18(15(13)3)23-10-5-4-7-17(22)20-25/h12-16,18,25H,4-11H2,1-3H3,(H,20,22). The van der Waals surface area contributed by atoms with E-state index in [-0.39, 0.29) is 18.3 Å². The van der Waals surface area contributed by atoms with Crippen LogP contribution in [0, 0.1) is 17.8 Å². The van der Waals surface area contributed by atoms with E-state index in [2.05, 4.69) is 48.2 Å². The number of rotatable bonds is 8. The molecule has 1 amide bonds. The number of nitrogens with zero attached hydrogens (tertiary/aromatic N) is 2. The minimum Gasteiger partial charge on any atom is -0.360 e. The van der Waals surface area contributed by atoms with Gasteiger partial charge in [0, 0.05) is 38.6 Å². The first-order valence-corrected chi connectivity index (χ1v) is 9.91. The zero-order valence-electron chi connectivity index (χ0n) is 15.7. The molecular formula is C18H33N3O3S. The van der Waals surface area contributed by atoms with Gasteiger partial charge < -0.3 is 19.1 Å². The molecule has 0 bridgehead atoms. The quantitative estimate of drug-likeness (QED) is 0.508. The molecule has 0 radical (unpaired) electrons. The minimum absolute atomic E-state index is 0.0451. The van der Waals surface area contributed by atoms with Gasteiger partial charge >= 0.3 is 0 Å². The van der Waals surface area contributed by atoms with Crippen molar-refractivity contribution < 1.29 is 14.3 Å². The van der Waals surface area contributed by atoms with Crippen molar-refractivity contribution in [3.8, 4) is 0 Å². The van der Waals surface area contributed by atoms with Crippen LogP contribution in [0.3, 0.4) is 0 Å². The van der Waals surface area contributed by atoms with Crippen LogP contribution in [0.2, 0.25) is 0 Å². The molecule has 0 aromatic carbocycles. The van der Waals surface area contributed by atoms with Gasteiger partial charge in [0.05, 0.1) is 12.4 Å². The van der Waals surface area contributed by atoms with E-state index < -0.39 is 0 Å². The summed E-state index contributed by atoms with van der Waals surface area (Å²) >= 11 is 3.75. The Bertz CT molecular complexity index is 449. The smallest absolute Gasteiger partial charge is 0.229 e. The maximum Gasteiger partial charge on any atom is 0.229 e. The van der Waals surface area contributed by atoms with Gasteiger partial charge in [0.2, 0.25) is 5.91 Å². The van der Waals surface area contributed by atoms with Gasteiger partial charge in [-0.1, -0.05) is 33.6 Å². The Kier molecular flexibility index (Phi) is 8.52.